The first-order chi connectivity index (χ1) is 4.70. The monoisotopic (exact) mass is 140 g/mol. The van der Waals surface area contributed by atoms with Crippen molar-refractivity contribution in [2.75, 3.05) is 0 Å². The Bertz CT molecular complexity index is 129. The summed E-state index contributed by atoms with van der Waals surface area (Å²) in [5.41, 5.74) is 0. The van der Waals surface area contributed by atoms with Gasteiger partial charge in [0.15, 0.2) is 0 Å². The van der Waals surface area contributed by atoms with Crippen LogP contribution >= 0.6 is 0 Å². The Hall–Kier alpha value is -0.330. The van der Waals surface area contributed by atoms with Crippen molar-refractivity contribution in [3.05, 3.63) is 0 Å². The van der Waals surface area contributed by atoms with Crippen molar-refractivity contribution in [2.24, 2.45) is 11.8 Å². The largest absolute Gasteiger partial charge is 0.299 e. The van der Waals surface area contributed by atoms with Gasteiger partial charge in [-0.05, 0) is 12.3 Å². The molecule has 1 aliphatic carbocycles. The normalized spacial score (nSPS) is 35.6. The Labute approximate surface area is 62.8 Å². The van der Waals surface area contributed by atoms with Gasteiger partial charge in [0, 0.05) is 12.3 Å². The van der Waals surface area contributed by atoms with Gasteiger partial charge in [0.1, 0.15) is 5.78 Å². The Balaban J connectivity index is 2.49. The van der Waals surface area contributed by atoms with Gasteiger partial charge in [0.25, 0.3) is 0 Å². The van der Waals surface area contributed by atoms with E-state index in [4.69, 9.17) is 0 Å². The van der Waals surface area contributed by atoms with Crippen LogP contribution in [0.1, 0.15) is 39.5 Å². The third-order valence-electron chi connectivity index (χ3n) is 2.43. The molecule has 1 saturated carbocycles. The third-order valence-corrected chi connectivity index (χ3v) is 2.43. The Morgan fingerprint density at radius 1 is 1.30 bits per heavy atom. The smallest absolute Gasteiger partial charge is 0.135 e. The van der Waals surface area contributed by atoms with Gasteiger partial charge in [0.05, 0.1) is 0 Å². The van der Waals surface area contributed by atoms with Crippen LogP contribution in [-0.4, -0.2) is 5.78 Å². The van der Waals surface area contributed by atoms with Gasteiger partial charge < -0.3 is 0 Å². The van der Waals surface area contributed by atoms with Crippen LogP contribution in [-0.2, 0) is 4.79 Å². The summed E-state index contributed by atoms with van der Waals surface area (Å²) in [7, 11) is 0. The molecule has 0 N–H and O–H groups in total. The molecule has 0 bridgehead atoms. The van der Waals surface area contributed by atoms with Crippen molar-refractivity contribution < 1.29 is 4.79 Å². The molecule has 0 aromatic carbocycles. The van der Waals surface area contributed by atoms with E-state index < -0.39 is 0 Å². The number of hydrogen-bond acceptors (Lipinski definition) is 1. The Morgan fingerprint density at radius 3 is 2.70 bits per heavy atom. The lowest BCUT2D eigenvalue weighted by Gasteiger charge is -2.04. The first-order valence-corrected chi connectivity index (χ1v) is 4.23. The number of Topliss-reactive ketones (excluding diaryl/α,β-unsaturated/α-hetero) is 1. The molecule has 0 saturated heterocycles. The average molecular weight is 140 g/mol. The van der Waals surface area contributed by atoms with Gasteiger partial charge in [-0.2, -0.15) is 0 Å². The predicted octanol–water partition coefficient (Wildman–Crippen LogP) is 2.40. The minimum Gasteiger partial charge on any atom is -0.299 e. The lowest BCUT2D eigenvalue weighted by Crippen LogP contribution is -2.09. The zero-order chi connectivity index (χ0) is 7.56. The molecular weight excluding hydrogens is 124 g/mol. The minimum absolute atomic E-state index is 0.338. The molecule has 1 rings (SSSR count). The highest BCUT2D eigenvalue weighted by Crippen LogP contribution is 2.23. The van der Waals surface area contributed by atoms with Crippen molar-refractivity contribution in [1.82, 2.24) is 0 Å². The van der Waals surface area contributed by atoms with E-state index in [1.165, 1.54) is 12.8 Å². The number of ketones is 1. The van der Waals surface area contributed by atoms with Gasteiger partial charge in [-0.25, -0.2) is 0 Å². The van der Waals surface area contributed by atoms with E-state index in [-0.39, 0.29) is 0 Å². The van der Waals surface area contributed by atoms with E-state index in [0.717, 1.165) is 12.8 Å². The first-order valence-electron chi connectivity index (χ1n) is 4.23. The highest BCUT2D eigenvalue weighted by Gasteiger charge is 2.19. The highest BCUT2D eigenvalue weighted by atomic mass is 16.1. The molecule has 0 aromatic rings. The summed E-state index contributed by atoms with van der Waals surface area (Å²) in [4.78, 5) is 11.2. The molecule has 58 valence electrons. The zero-order valence-corrected chi connectivity index (χ0v) is 6.89. The van der Waals surface area contributed by atoms with Gasteiger partial charge in [-0.3, -0.25) is 4.79 Å². The fourth-order valence-corrected chi connectivity index (χ4v) is 1.58. The molecule has 1 aliphatic rings. The van der Waals surface area contributed by atoms with Crippen molar-refractivity contribution in [3.63, 3.8) is 0 Å². The second-order valence-corrected chi connectivity index (χ2v) is 3.61. The van der Waals surface area contributed by atoms with Gasteiger partial charge in [-0.1, -0.05) is 26.7 Å². The summed E-state index contributed by atoms with van der Waals surface area (Å²) >= 11 is 0. The molecular formula is C9H16O. The molecule has 0 spiro atoms. The second kappa shape index (κ2) is 3.18. The van der Waals surface area contributed by atoms with Gasteiger partial charge in [0.2, 0.25) is 0 Å². The fraction of sp³-hybridized carbons (Fsp3) is 0.889. The lowest BCUT2D eigenvalue weighted by molar-refractivity contribution is -0.122. The number of carbonyl (C=O) groups is 1. The summed E-state index contributed by atoms with van der Waals surface area (Å²) in [6, 6.07) is 0. The summed E-state index contributed by atoms with van der Waals surface area (Å²) in [6.07, 6.45) is 4.43. The molecule has 0 amide bonds. The maximum absolute atomic E-state index is 11.2. The quantitative estimate of drug-likeness (QED) is 0.472. The highest BCUT2D eigenvalue weighted by molar-refractivity contribution is 5.81. The summed E-state index contributed by atoms with van der Waals surface area (Å²) in [5, 5.41) is 0. The summed E-state index contributed by atoms with van der Waals surface area (Å²) < 4.78 is 0. The SMILES string of the molecule is CC1CCC[C@H](C)CC1=O. The van der Waals surface area contributed by atoms with Gasteiger partial charge >= 0.3 is 0 Å². The fourth-order valence-electron chi connectivity index (χ4n) is 1.58. The molecule has 1 fully saturated rings. The molecule has 1 nitrogen and oxygen atoms in total. The topological polar surface area (TPSA) is 17.1 Å². The van der Waals surface area contributed by atoms with E-state index in [0.29, 0.717) is 17.6 Å². The van der Waals surface area contributed by atoms with Crippen molar-refractivity contribution in [1.29, 1.82) is 0 Å². The van der Waals surface area contributed by atoms with Crippen LogP contribution in [0.2, 0.25) is 0 Å². The van der Waals surface area contributed by atoms with Crippen LogP contribution in [0.15, 0.2) is 0 Å². The molecule has 0 radical (unpaired) electrons. The van der Waals surface area contributed by atoms with Crippen molar-refractivity contribution in [2.45, 2.75) is 39.5 Å². The lowest BCUT2D eigenvalue weighted by atomic mass is 9.99. The number of hydrogen-bond donors (Lipinski definition) is 0. The summed E-state index contributed by atoms with van der Waals surface area (Å²) in [6.45, 7) is 4.23. The average Bonchev–Trinajstić information content (AvgIpc) is 1.96. The van der Waals surface area contributed by atoms with Crippen LogP contribution in [0.4, 0.5) is 0 Å². The maximum Gasteiger partial charge on any atom is 0.135 e. The van der Waals surface area contributed by atoms with E-state index in [1.807, 2.05) is 0 Å². The Morgan fingerprint density at radius 2 is 2.00 bits per heavy atom. The van der Waals surface area contributed by atoms with E-state index in [2.05, 4.69) is 13.8 Å². The van der Waals surface area contributed by atoms with Crippen LogP contribution in [0.5, 0.6) is 0 Å². The maximum atomic E-state index is 11.2. The number of carbonyl (C=O) groups excluding carboxylic acids is 1. The van der Waals surface area contributed by atoms with E-state index in [1.54, 1.807) is 0 Å². The second-order valence-electron chi connectivity index (χ2n) is 3.61. The van der Waals surface area contributed by atoms with Gasteiger partial charge in [-0.15, -0.1) is 0 Å². The Kier molecular flexibility index (Phi) is 2.47. The number of rotatable bonds is 0. The first kappa shape index (κ1) is 7.77. The molecule has 2 atom stereocenters. The zero-order valence-electron chi connectivity index (χ0n) is 6.89. The molecule has 10 heavy (non-hydrogen) atoms. The van der Waals surface area contributed by atoms with Crippen LogP contribution in [0.25, 0.3) is 0 Å². The van der Waals surface area contributed by atoms with E-state index >= 15 is 0 Å². The molecule has 1 heteroatoms. The molecule has 0 heterocycles. The molecule has 1 unspecified atom stereocenters. The molecule has 0 aliphatic heterocycles. The summed E-state index contributed by atoms with van der Waals surface area (Å²) in [5.74, 6) is 1.45. The molecule has 0 aromatic heterocycles. The van der Waals surface area contributed by atoms with Crippen molar-refractivity contribution in [3.8, 4) is 0 Å². The van der Waals surface area contributed by atoms with Crippen LogP contribution < -0.4 is 0 Å². The standard InChI is InChI=1S/C9H16O/c1-7-4-3-5-8(2)9(10)6-7/h7-8H,3-6H2,1-2H3/t7-,8?/m0/s1. The van der Waals surface area contributed by atoms with Crippen LogP contribution in [0.3, 0.4) is 0 Å². The van der Waals surface area contributed by atoms with Crippen molar-refractivity contribution >= 4 is 5.78 Å². The van der Waals surface area contributed by atoms with Crippen LogP contribution in [0, 0.1) is 11.8 Å². The predicted molar refractivity (Wildman–Crippen MR) is 41.8 cm³/mol. The minimum atomic E-state index is 0.338. The third kappa shape index (κ3) is 1.83. The van der Waals surface area contributed by atoms with E-state index in [9.17, 15) is 4.79 Å².